The van der Waals surface area contributed by atoms with Crippen LogP contribution in [0.5, 0.6) is 0 Å². The third-order valence-electron chi connectivity index (χ3n) is 7.51. The van der Waals surface area contributed by atoms with Crippen LogP contribution in [0.25, 0.3) is 0 Å². The Labute approximate surface area is 178 Å². The Morgan fingerprint density at radius 2 is 1.70 bits per heavy atom. The van der Waals surface area contributed by atoms with Crippen molar-refractivity contribution in [3.63, 3.8) is 0 Å². The molecule has 6 nitrogen and oxygen atoms in total. The van der Waals surface area contributed by atoms with Gasteiger partial charge in [-0.25, -0.2) is 4.79 Å². The van der Waals surface area contributed by atoms with Crippen molar-refractivity contribution >= 4 is 23.5 Å². The number of nitrogens with one attached hydrogen (secondary N) is 2. The van der Waals surface area contributed by atoms with E-state index in [1.807, 2.05) is 13.0 Å². The summed E-state index contributed by atoms with van der Waals surface area (Å²) in [6, 6.07) is 5.22. The van der Waals surface area contributed by atoms with Crippen LogP contribution in [0.3, 0.4) is 0 Å². The van der Waals surface area contributed by atoms with Crippen molar-refractivity contribution in [3.05, 3.63) is 29.3 Å². The van der Waals surface area contributed by atoms with E-state index in [1.54, 1.807) is 12.1 Å². The summed E-state index contributed by atoms with van der Waals surface area (Å²) in [6.07, 6.45) is 7.73. The summed E-state index contributed by atoms with van der Waals surface area (Å²) in [6.45, 7) is 4.99. The lowest BCUT2D eigenvalue weighted by Crippen LogP contribution is -2.56. The molecule has 162 valence electrons. The topological polar surface area (TPSA) is 84.5 Å². The molecule has 1 unspecified atom stereocenters. The third kappa shape index (κ3) is 4.09. The molecule has 1 aromatic carbocycles. The van der Waals surface area contributed by atoms with E-state index in [9.17, 15) is 14.4 Å². The van der Waals surface area contributed by atoms with E-state index in [0.717, 1.165) is 23.3 Å². The van der Waals surface area contributed by atoms with Crippen LogP contribution in [-0.2, 0) is 14.3 Å². The molecule has 4 aliphatic rings. The fourth-order valence-corrected chi connectivity index (χ4v) is 6.53. The highest BCUT2D eigenvalue weighted by molar-refractivity contribution is 6.02. The highest BCUT2D eigenvalue weighted by Crippen LogP contribution is 2.61. The van der Waals surface area contributed by atoms with Crippen LogP contribution >= 0.6 is 0 Å². The molecule has 0 spiro atoms. The minimum Gasteiger partial charge on any atom is -0.452 e. The number of ether oxygens (including phenoxy) is 1. The van der Waals surface area contributed by atoms with Gasteiger partial charge in [-0.3, -0.25) is 9.59 Å². The second kappa shape index (κ2) is 8.05. The monoisotopic (exact) mass is 412 g/mol. The molecule has 2 amide bonds. The van der Waals surface area contributed by atoms with Gasteiger partial charge in [0.2, 0.25) is 5.91 Å². The van der Waals surface area contributed by atoms with Gasteiger partial charge in [-0.1, -0.05) is 12.1 Å². The van der Waals surface area contributed by atoms with Crippen molar-refractivity contribution in [3.8, 4) is 0 Å². The summed E-state index contributed by atoms with van der Waals surface area (Å²) in [4.78, 5) is 36.6. The molecule has 4 bridgehead atoms. The molecule has 4 aliphatic carbocycles. The predicted molar refractivity (Wildman–Crippen MR) is 114 cm³/mol. The van der Waals surface area contributed by atoms with Gasteiger partial charge in [-0.2, -0.15) is 0 Å². The Balaban J connectivity index is 1.35. The number of aryl methyl sites for hydroxylation is 1. The maximum Gasteiger partial charge on any atom is 0.340 e. The number of benzene rings is 1. The molecule has 1 aromatic rings. The Kier molecular flexibility index (Phi) is 5.60. The standard InChI is InChI=1S/C24H32N2O4/c1-14-5-4-6-20(22(14)26-16(3)27)23(29)30-13-21(28)25-15(2)24-10-17-7-18(11-24)9-19(8-17)12-24/h4-6,15,17-19H,7-13H2,1-3H3,(H,25,28)(H,26,27). The Hall–Kier alpha value is -2.37. The number of hydrogen-bond acceptors (Lipinski definition) is 4. The summed E-state index contributed by atoms with van der Waals surface area (Å²) in [5.74, 6) is 1.33. The van der Waals surface area contributed by atoms with E-state index in [4.69, 9.17) is 4.74 Å². The second-order valence-corrected chi connectivity index (χ2v) is 9.82. The Bertz CT molecular complexity index is 827. The SMILES string of the molecule is CC(=O)Nc1c(C)cccc1C(=O)OCC(=O)NC(C)C12CC3CC(CC(C3)C1)C2. The first-order chi connectivity index (χ1) is 14.3. The van der Waals surface area contributed by atoms with Gasteiger partial charge in [-0.15, -0.1) is 0 Å². The number of carbonyl (C=O) groups excluding carboxylic acids is 3. The highest BCUT2D eigenvalue weighted by Gasteiger charge is 2.53. The van der Waals surface area contributed by atoms with Crippen LogP contribution in [0, 0.1) is 30.1 Å². The predicted octanol–water partition coefficient (Wildman–Crippen LogP) is 3.83. The largest absolute Gasteiger partial charge is 0.452 e. The van der Waals surface area contributed by atoms with Crippen LogP contribution in [-0.4, -0.2) is 30.4 Å². The zero-order valence-electron chi connectivity index (χ0n) is 18.1. The van der Waals surface area contributed by atoms with Crippen molar-refractivity contribution in [2.24, 2.45) is 23.2 Å². The van der Waals surface area contributed by atoms with E-state index in [1.165, 1.54) is 45.4 Å². The van der Waals surface area contributed by atoms with E-state index in [2.05, 4.69) is 17.6 Å². The summed E-state index contributed by atoms with van der Waals surface area (Å²) in [7, 11) is 0. The first-order valence-corrected chi connectivity index (χ1v) is 11.1. The molecule has 0 aliphatic heterocycles. The fraction of sp³-hybridized carbons (Fsp3) is 0.625. The summed E-state index contributed by atoms with van der Waals surface area (Å²) in [5, 5.41) is 5.79. The number of rotatable bonds is 6. The fourth-order valence-electron chi connectivity index (χ4n) is 6.53. The lowest BCUT2D eigenvalue weighted by Gasteiger charge is -2.59. The summed E-state index contributed by atoms with van der Waals surface area (Å²) < 4.78 is 5.28. The maximum atomic E-state index is 12.6. The number of anilines is 1. The molecular formula is C24H32N2O4. The smallest absolute Gasteiger partial charge is 0.340 e. The van der Waals surface area contributed by atoms with Crippen LogP contribution in [0.1, 0.15) is 68.3 Å². The number of para-hydroxylation sites is 1. The van der Waals surface area contributed by atoms with E-state index in [-0.39, 0.29) is 35.4 Å². The molecule has 1 atom stereocenters. The van der Waals surface area contributed by atoms with Gasteiger partial charge in [0.15, 0.2) is 6.61 Å². The molecule has 6 heteroatoms. The van der Waals surface area contributed by atoms with Gasteiger partial charge in [0, 0.05) is 13.0 Å². The van der Waals surface area contributed by atoms with Gasteiger partial charge < -0.3 is 15.4 Å². The van der Waals surface area contributed by atoms with Crippen LogP contribution in [0.15, 0.2) is 18.2 Å². The summed E-state index contributed by atoms with van der Waals surface area (Å²) in [5.41, 5.74) is 1.66. The van der Waals surface area contributed by atoms with E-state index >= 15 is 0 Å². The zero-order chi connectivity index (χ0) is 21.5. The molecule has 0 saturated heterocycles. The lowest BCUT2D eigenvalue weighted by atomic mass is 9.48. The Morgan fingerprint density at radius 1 is 1.10 bits per heavy atom. The van der Waals surface area contributed by atoms with Crippen molar-refractivity contribution in [2.75, 3.05) is 11.9 Å². The maximum absolute atomic E-state index is 12.6. The van der Waals surface area contributed by atoms with Crippen molar-refractivity contribution in [2.45, 2.75) is 65.3 Å². The number of esters is 1. The minimum atomic E-state index is -0.611. The van der Waals surface area contributed by atoms with Crippen LogP contribution in [0.2, 0.25) is 0 Å². The van der Waals surface area contributed by atoms with Gasteiger partial charge in [0.1, 0.15) is 0 Å². The first kappa shape index (κ1) is 20.9. The molecule has 0 aromatic heterocycles. The van der Waals surface area contributed by atoms with Gasteiger partial charge in [0.25, 0.3) is 5.91 Å². The molecule has 30 heavy (non-hydrogen) atoms. The number of carbonyl (C=O) groups is 3. The van der Waals surface area contributed by atoms with Gasteiger partial charge in [-0.05, 0) is 87.2 Å². The number of hydrogen-bond donors (Lipinski definition) is 2. The van der Waals surface area contributed by atoms with Crippen molar-refractivity contribution in [1.82, 2.24) is 5.32 Å². The molecule has 0 heterocycles. The third-order valence-corrected chi connectivity index (χ3v) is 7.51. The van der Waals surface area contributed by atoms with Crippen molar-refractivity contribution < 1.29 is 19.1 Å². The molecule has 4 saturated carbocycles. The Morgan fingerprint density at radius 3 is 2.27 bits per heavy atom. The quantitative estimate of drug-likeness (QED) is 0.696. The van der Waals surface area contributed by atoms with Crippen molar-refractivity contribution in [1.29, 1.82) is 0 Å². The second-order valence-electron chi connectivity index (χ2n) is 9.82. The average Bonchev–Trinajstić information content (AvgIpc) is 2.66. The lowest BCUT2D eigenvalue weighted by molar-refractivity contribution is -0.128. The molecule has 4 fully saturated rings. The molecule has 2 N–H and O–H groups in total. The normalized spacial score (nSPS) is 29.9. The van der Waals surface area contributed by atoms with Gasteiger partial charge in [0.05, 0.1) is 11.3 Å². The highest BCUT2D eigenvalue weighted by atomic mass is 16.5. The first-order valence-electron chi connectivity index (χ1n) is 11.1. The number of amides is 2. The molecule has 5 rings (SSSR count). The summed E-state index contributed by atoms with van der Waals surface area (Å²) >= 11 is 0. The minimum absolute atomic E-state index is 0.0889. The molecule has 0 radical (unpaired) electrons. The van der Waals surface area contributed by atoms with Crippen LogP contribution in [0.4, 0.5) is 5.69 Å². The van der Waals surface area contributed by atoms with E-state index < -0.39 is 5.97 Å². The zero-order valence-corrected chi connectivity index (χ0v) is 18.1. The van der Waals surface area contributed by atoms with Gasteiger partial charge >= 0.3 is 5.97 Å². The average molecular weight is 413 g/mol. The van der Waals surface area contributed by atoms with Crippen LogP contribution < -0.4 is 10.6 Å². The molecular weight excluding hydrogens is 380 g/mol. The van der Waals surface area contributed by atoms with E-state index in [0.29, 0.717) is 5.69 Å².